The Balaban J connectivity index is 1.34. The predicted octanol–water partition coefficient (Wildman–Crippen LogP) is 1.52. The zero-order valence-corrected chi connectivity index (χ0v) is 15.2. The molecule has 156 valence electrons. The van der Waals surface area contributed by atoms with Gasteiger partial charge in [-0.3, -0.25) is 14.0 Å². The van der Waals surface area contributed by atoms with Gasteiger partial charge in [-0.2, -0.15) is 13.2 Å². The van der Waals surface area contributed by atoms with Crippen LogP contribution in [0, 0.1) is 0 Å². The molecular formula is C18H14F3N5O4. The fourth-order valence-corrected chi connectivity index (χ4v) is 2.77. The number of aromatic nitrogens is 3. The number of rotatable bonds is 5. The normalized spacial score (nSPS) is 12.8. The molecule has 0 saturated heterocycles. The van der Waals surface area contributed by atoms with E-state index < -0.39 is 23.6 Å². The minimum atomic E-state index is -4.52. The maximum Gasteiger partial charge on any atom is 0.417 e. The fourth-order valence-electron chi connectivity index (χ4n) is 2.77. The van der Waals surface area contributed by atoms with Gasteiger partial charge in [0.1, 0.15) is 0 Å². The number of pyridine rings is 1. The van der Waals surface area contributed by atoms with E-state index in [0.717, 1.165) is 16.7 Å². The monoisotopic (exact) mass is 421 g/mol. The lowest BCUT2D eigenvalue weighted by Crippen LogP contribution is -2.36. The average Bonchev–Trinajstić information content (AvgIpc) is 3.35. The number of hydrogen-bond donors (Lipinski definition) is 2. The molecule has 1 aliphatic heterocycles. The summed E-state index contributed by atoms with van der Waals surface area (Å²) < 4.78 is 50.1. The molecule has 2 N–H and O–H groups in total. The summed E-state index contributed by atoms with van der Waals surface area (Å²) in [6.07, 6.45) is -3.66. The van der Waals surface area contributed by atoms with Crippen molar-refractivity contribution in [2.75, 3.05) is 13.3 Å². The van der Waals surface area contributed by atoms with Crippen molar-refractivity contribution < 1.29 is 32.2 Å². The van der Waals surface area contributed by atoms with Gasteiger partial charge in [-0.25, -0.2) is 0 Å². The van der Waals surface area contributed by atoms with Crippen LogP contribution in [0.25, 0.3) is 5.65 Å². The van der Waals surface area contributed by atoms with Gasteiger partial charge in [0, 0.05) is 11.8 Å². The number of nitrogens with zero attached hydrogens (tertiary/aromatic N) is 3. The van der Waals surface area contributed by atoms with Crippen molar-refractivity contribution in [3.63, 3.8) is 0 Å². The van der Waals surface area contributed by atoms with E-state index in [4.69, 9.17) is 9.47 Å². The molecule has 0 spiro atoms. The standard InChI is InChI=1S/C18H14F3N5O4/c19-18(20,21)11-2-4-14-24-25-15(26(14)8-11)6-22-16(27)7-23-17(28)10-1-3-12-13(5-10)30-9-29-12/h1-5,8H,6-7,9H2,(H,22,27)(H,23,28). The summed E-state index contributed by atoms with van der Waals surface area (Å²) in [6, 6.07) is 6.70. The second-order valence-corrected chi connectivity index (χ2v) is 6.29. The maximum atomic E-state index is 12.9. The van der Waals surface area contributed by atoms with Crippen molar-refractivity contribution in [3.8, 4) is 11.5 Å². The number of carbonyl (C=O) groups is 2. The fraction of sp³-hybridized carbons (Fsp3) is 0.222. The molecule has 0 atom stereocenters. The molecule has 1 aromatic carbocycles. The molecule has 0 aliphatic carbocycles. The summed E-state index contributed by atoms with van der Waals surface area (Å²) in [7, 11) is 0. The van der Waals surface area contributed by atoms with Crippen LogP contribution in [0.1, 0.15) is 21.7 Å². The lowest BCUT2D eigenvalue weighted by molar-refractivity contribution is -0.137. The van der Waals surface area contributed by atoms with Gasteiger partial charge in [0.15, 0.2) is 23.0 Å². The molecule has 3 heterocycles. The Kier molecular flexibility index (Phi) is 4.90. The van der Waals surface area contributed by atoms with Gasteiger partial charge >= 0.3 is 6.18 Å². The summed E-state index contributed by atoms with van der Waals surface area (Å²) >= 11 is 0. The van der Waals surface area contributed by atoms with E-state index in [9.17, 15) is 22.8 Å². The van der Waals surface area contributed by atoms with E-state index in [0.29, 0.717) is 11.5 Å². The number of benzene rings is 1. The van der Waals surface area contributed by atoms with Crippen molar-refractivity contribution in [3.05, 3.63) is 53.5 Å². The summed E-state index contributed by atoms with van der Waals surface area (Å²) in [6.45, 7) is -0.427. The lowest BCUT2D eigenvalue weighted by atomic mass is 10.2. The Morgan fingerprint density at radius 1 is 1.07 bits per heavy atom. The maximum absolute atomic E-state index is 12.9. The van der Waals surface area contributed by atoms with Crippen molar-refractivity contribution in [2.24, 2.45) is 0 Å². The number of halogens is 3. The van der Waals surface area contributed by atoms with Gasteiger partial charge in [-0.05, 0) is 30.3 Å². The Bertz CT molecular complexity index is 1130. The first-order valence-electron chi connectivity index (χ1n) is 8.67. The summed E-state index contributed by atoms with van der Waals surface area (Å²) in [4.78, 5) is 24.2. The van der Waals surface area contributed by atoms with Gasteiger partial charge in [-0.1, -0.05) is 0 Å². The minimum absolute atomic E-state index is 0.0740. The summed E-state index contributed by atoms with van der Waals surface area (Å²) in [5.41, 5.74) is -0.364. The second-order valence-electron chi connectivity index (χ2n) is 6.29. The molecule has 4 rings (SSSR count). The topological polar surface area (TPSA) is 107 Å². The predicted molar refractivity (Wildman–Crippen MR) is 94.7 cm³/mol. The van der Waals surface area contributed by atoms with E-state index in [1.54, 1.807) is 6.07 Å². The highest BCUT2D eigenvalue weighted by Gasteiger charge is 2.31. The minimum Gasteiger partial charge on any atom is -0.454 e. The first kappa shape index (κ1) is 19.5. The number of alkyl halides is 3. The van der Waals surface area contributed by atoms with Crippen molar-refractivity contribution in [1.29, 1.82) is 0 Å². The van der Waals surface area contributed by atoms with Gasteiger partial charge in [0.2, 0.25) is 12.7 Å². The number of carbonyl (C=O) groups excluding carboxylic acids is 2. The zero-order chi connectivity index (χ0) is 21.3. The highest BCUT2D eigenvalue weighted by molar-refractivity contribution is 5.97. The van der Waals surface area contributed by atoms with Gasteiger partial charge in [-0.15, -0.1) is 10.2 Å². The van der Waals surface area contributed by atoms with E-state index >= 15 is 0 Å². The second kappa shape index (κ2) is 7.54. The van der Waals surface area contributed by atoms with E-state index in [1.165, 1.54) is 18.2 Å². The number of hydrogen-bond acceptors (Lipinski definition) is 6. The third-order valence-corrected chi connectivity index (χ3v) is 4.29. The van der Waals surface area contributed by atoms with Gasteiger partial charge in [0.05, 0.1) is 18.7 Å². The van der Waals surface area contributed by atoms with E-state index in [-0.39, 0.29) is 36.9 Å². The van der Waals surface area contributed by atoms with Crippen LogP contribution >= 0.6 is 0 Å². The Labute approximate surface area is 166 Å². The third kappa shape index (κ3) is 3.97. The first-order chi connectivity index (χ1) is 14.3. The molecular weight excluding hydrogens is 407 g/mol. The van der Waals surface area contributed by atoms with Crippen LogP contribution in [0.2, 0.25) is 0 Å². The molecule has 0 unspecified atom stereocenters. The van der Waals surface area contributed by atoms with E-state index in [2.05, 4.69) is 20.8 Å². The molecule has 0 radical (unpaired) electrons. The van der Waals surface area contributed by atoms with Crippen LogP contribution in [-0.2, 0) is 17.5 Å². The largest absolute Gasteiger partial charge is 0.454 e. The molecule has 0 bridgehead atoms. The SMILES string of the molecule is O=C(CNC(=O)c1ccc2c(c1)OCO2)NCc1nnc2ccc(C(F)(F)F)cn12. The van der Waals surface area contributed by atoms with Crippen molar-refractivity contribution in [1.82, 2.24) is 25.2 Å². The van der Waals surface area contributed by atoms with Crippen LogP contribution in [0.5, 0.6) is 11.5 Å². The molecule has 0 fully saturated rings. The summed E-state index contributed by atoms with van der Waals surface area (Å²) in [5, 5.41) is 12.5. The molecule has 0 saturated carbocycles. The smallest absolute Gasteiger partial charge is 0.417 e. The van der Waals surface area contributed by atoms with E-state index in [1.807, 2.05) is 0 Å². The van der Waals surface area contributed by atoms with Crippen LogP contribution in [-0.4, -0.2) is 39.8 Å². The molecule has 3 aromatic rings. The van der Waals surface area contributed by atoms with Crippen LogP contribution in [0.15, 0.2) is 36.5 Å². The van der Waals surface area contributed by atoms with Crippen LogP contribution < -0.4 is 20.1 Å². The Morgan fingerprint density at radius 3 is 2.67 bits per heavy atom. The molecule has 9 nitrogen and oxygen atoms in total. The molecule has 2 amide bonds. The van der Waals surface area contributed by atoms with Crippen molar-refractivity contribution in [2.45, 2.75) is 12.7 Å². The Hall–Kier alpha value is -3.83. The molecule has 30 heavy (non-hydrogen) atoms. The third-order valence-electron chi connectivity index (χ3n) is 4.29. The number of ether oxygens (including phenoxy) is 2. The van der Waals surface area contributed by atoms with Crippen molar-refractivity contribution >= 4 is 17.5 Å². The quantitative estimate of drug-likeness (QED) is 0.647. The zero-order valence-electron chi connectivity index (χ0n) is 15.2. The molecule has 2 aromatic heterocycles. The van der Waals surface area contributed by atoms with Crippen LogP contribution in [0.4, 0.5) is 13.2 Å². The number of amides is 2. The number of nitrogens with one attached hydrogen (secondary N) is 2. The highest BCUT2D eigenvalue weighted by Crippen LogP contribution is 2.32. The van der Waals surface area contributed by atoms with Gasteiger partial charge < -0.3 is 20.1 Å². The number of fused-ring (bicyclic) bond motifs is 2. The molecule has 12 heteroatoms. The Morgan fingerprint density at radius 2 is 1.87 bits per heavy atom. The molecule has 1 aliphatic rings. The summed E-state index contributed by atoms with van der Waals surface area (Å²) in [5.74, 6) is 0.0353. The highest BCUT2D eigenvalue weighted by atomic mass is 19.4. The lowest BCUT2D eigenvalue weighted by Gasteiger charge is -2.09. The first-order valence-corrected chi connectivity index (χ1v) is 8.67. The van der Waals surface area contributed by atoms with Crippen LogP contribution in [0.3, 0.4) is 0 Å². The van der Waals surface area contributed by atoms with Gasteiger partial charge in [0.25, 0.3) is 5.91 Å². The average molecular weight is 421 g/mol.